The number of aryl methyl sites for hydroxylation is 1. The summed E-state index contributed by atoms with van der Waals surface area (Å²) < 4.78 is 14.3. The Balaban J connectivity index is 1.51. The quantitative estimate of drug-likeness (QED) is 0.138. The van der Waals surface area contributed by atoms with Gasteiger partial charge in [0.2, 0.25) is 0 Å². The molecule has 39 heavy (non-hydrogen) atoms. The van der Waals surface area contributed by atoms with Crippen LogP contribution in [0.25, 0.3) is 21.7 Å². The molecule has 4 aromatic carbocycles. The summed E-state index contributed by atoms with van der Waals surface area (Å²) in [4.78, 5) is 17.9. The molecule has 7 heteroatoms. The summed E-state index contributed by atoms with van der Waals surface area (Å²) in [5.74, 6) is 1.82. The van der Waals surface area contributed by atoms with Crippen LogP contribution >= 0.6 is 15.9 Å². The van der Waals surface area contributed by atoms with E-state index < -0.39 is 0 Å². The molecule has 0 fully saturated rings. The molecule has 0 saturated carbocycles. The lowest BCUT2D eigenvalue weighted by Crippen LogP contribution is -2.22. The maximum absolute atomic E-state index is 13.3. The minimum Gasteiger partial charge on any atom is -0.493 e. The topological polar surface area (TPSA) is 65.7 Å². The number of rotatable bonds is 9. The number of fused-ring (bicyclic) bond motifs is 2. The van der Waals surface area contributed by atoms with E-state index in [1.807, 2.05) is 55.5 Å². The van der Waals surface area contributed by atoms with E-state index in [-0.39, 0.29) is 5.56 Å². The van der Waals surface area contributed by atoms with Crippen molar-refractivity contribution in [2.24, 2.45) is 5.10 Å². The van der Waals surface area contributed by atoms with Gasteiger partial charge < -0.3 is 9.47 Å². The van der Waals surface area contributed by atoms with E-state index in [1.165, 1.54) is 10.1 Å². The van der Waals surface area contributed by atoms with Crippen LogP contribution in [-0.2, 0) is 19.4 Å². The van der Waals surface area contributed by atoms with Crippen LogP contribution < -0.4 is 15.0 Å². The van der Waals surface area contributed by atoms with E-state index >= 15 is 0 Å². The average molecular weight is 582 g/mol. The lowest BCUT2D eigenvalue weighted by atomic mass is 10.0. The molecule has 196 valence electrons. The lowest BCUT2D eigenvalue weighted by Gasteiger charge is -2.16. The SMILES string of the molecule is C=CCc1cc(C=Nn2c(CC)nc3ccc(Br)cc3c2=O)cc(OC)c1OCc1cccc2ccccc12. The van der Waals surface area contributed by atoms with E-state index in [0.29, 0.717) is 47.7 Å². The smallest absolute Gasteiger partial charge is 0.282 e. The van der Waals surface area contributed by atoms with Crippen LogP contribution in [0.1, 0.15) is 29.4 Å². The van der Waals surface area contributed by atoms with Crippen molar-refractivity contribution in [3.05, 3.63) is 123 Å². The molecule has 0 atom stereocenters. The summed E-state index contributed by atoms with van der Waals surface area (Å²) >= 11 is 3.44. The zero-order valence-electron chi connectivity index (χ0n) is 21.9. The Kier molecular flexibility index (Phi) is 7.89. The first-order valence-corrected chi connectivity index (χ1v) is 13.5. The minimum atomic E-state index is -0.220. The van der Waals surface area contributed by atoms with Crippen molar-refractivity contribution in [2.75, 3.05) is 7.11 Å². The molecule has 1 heterocycles. The van der Waals surface area contributed by atoms with Crippen molar-refractivity contribution in [1.29, 1.82) is 0 Å². The number of aromatic nitrogens is 2. The highest BCUT2D eigenvalue weighted by Gasteiger charge is 2.14. The maximum atomic E-state index is 13.3. The molecule has 0 aliphatic carbocycles. The van der Waals surface area contributed by atoms with Gasteiger partial charge in [0.15, 0.2) is 11.5 Å². The number of benzene rings is 4. The molecule has 1 aromatic heterocycles. The Morgan fingerprint density at radius 1 is 1.03 bits per heavy atom. The highest BCUT2D eigenvalue weighted by Crippen LogP contribution is 2.34. The number of nitrogens with zero attached hydrogens (tertiary/aromatic N) is 3. The van der Waals surface area contributed by atoms with Gasteiger partial charge in [-0.05, 0) is 58.7 Å². The van der Waals surface area contributed by atoms with Crippen LogP contribution in [0.3, 0.4) is 0 Å². The molecule has 0 amide bonds. The molecule has 0 N–H and O–H groups in total. The second kappa shape index (κ2) is 11.7. The monoisotopic (exact) mass is 581 g/mol. The number of hydrogen-bond acceptors (Lipinski definition) is 5. The zero-order chi connectivity index (χ0) is 27.4. The zero-order valence-corrected chi connectivity index (χ0v) is 23.4. The van der Waals surface area contributed by atoms with Gasteiger partial charge in [0.05, 0.1) is 24.2 Å². The fourth-order valence-corrected chi connectivity index (χ4v) is 4.98. The van der Waals surface area contributed by atoms with Crippen LogP contribution in [0.15, 0.2) is 99.8 Å². The predicted octanol–water partition coefficient (Wildman–Crippen LogP) is 7.07. The van der Waals surface area contributed by atoms with Gasteiger partial charge >= 0.3 is 0 Å². The van der Waals surface area contributed by atoms with Crippen LogP contribution in [0.4, 0.5) is 0 Å². The summed E-state index contributed by atoms with van der Waals surface area (Å²) in [5.41, 5.74) is 3.20. The molecule has 6 nitrogen and oxygen atoms in total. The van der Waals surface area contributed by atoms with Crippen molar-refractivity contribution in [3.8, 4) is 11.5 Å². The first-order chi connectivity index (χ1) is 19.0. The van der Waals surface area contributed by atoms with Crippen LogP contribution in [0.5, 0.6) is 11.5 Å². The molecule has 0 aliphatic heterocycles. The second-order valence-electron chi connectivity index (χ2n) is 9.04. The highest BCUT2D eigenvalue weighted by molar-refractivity contribution is 9.10. The first-order valence-electron chi connectivity index (χ1n) is 12.7. The Morgan fingerprint density at radius 3 is 2.64 bits per heavy atom. The van der Waals surface area contributed by atoms with Crippen molar-refractivity contribution in [3.63, 3.8) is 0 Å². The summed E-state index contributed by atoms with van der Waals surface area (Å²) in [5, 5.41) is 7.36. The van der Waals surface area contributed by atoms with Crippen LogP contribution in [0, 0.1) is 0 Å². The Labute approximate surface area is 235 Å². The summed E-state index contributed by atoms with van der Waals surface area (Å²) in [7, 11) is 1.61. The highest BCUT2D eigenvalue weighted by atomic mass is 79.9. The summed E-state index contributed by atoms with van der Waals surface area (Å²) in [6.45, 7) is 6.26. The van der Waals surface area contributed by atoms with E-state index in [9.17, 15) is 4.79 Å². The molecule has 0 radical (unpaired) electrons. The minimum absolute atomic E-state index is 0.220. The van der Waals surface area contributed by atoms with Crippen molar-refractivity contribution < 1.29 is 9.47 Å². The molecule has 0 unspecified atom stereocenters. The lowest BCUT2D eigenvalue weighted by molar-refractivity contribution is 0.283. The van der Waals surface area contributed by atoms with E-state index in [2.05, 4.69) is 56.9 Å². The first kappa shape index (κ1) is 26.4. The number of hydrogen-bond donors (Lipinski definition) is 0. The fourth-order valence-electron chi connectivity index (χ4n) is 4.62. The molecular formula is C32H28BrN3O3. The maximum Gasteiger partial charge on any atom is 0.282 e. The normalized spacial score (nSPS) is 11.4. The van der Waals surface area contributed by atoms with Gasteiger partial charge in [0.1, 0.15) is 12.4 Å². The molecule has 5 aromatic rings. The van der Waals surface area contributed by atoms with E-state index in [1.54, 1.807) is 19.4 Å². The van der Waals surface area contributed by atoms with Crippen molar-refractivity contribution >= 4 is 43.8 Å². The third-order valence-electron chi connectivity index (χ3n) is 6.50. The van der Waals surface area contributed by atoms with Gasteiger partial charge in [-0.1, -0.05) is 71.4 Å². The third-order valence-corrected chi connectivity index (χ3v) is 7.00. The largest absolute Gasteiger partial charge is 0.493 e. The van der Waals surface area contributed by atoms with E-state index in [4.69, 9.17) is 9.47 Å². The molecule has 0 saturated heterocycles. The third kappa shape index (κ3) is 5.49. The fraction of sp³-hybridized carbons (Fsp3) is 0.156. The molecule has 5 rings (SSSR count). The van der Waals surface area contributed by atoms with Gasteiger partial charge in [-0.2, -0.15) is 9.78 Å². The Morgan fingerprint density at radius 2 is 1.85 bits per heavy atom. The number of allylic oxidation sites excluding steroid dienone is 1. The molecule has 0 aliphatic rings. The van der Waals surface area contributed by atoms with Gasteiger partial charge in [0.25, 0.3) is 5.56 Å². The molecule has 0 bridgehead atoms. The molecular weight excluding hydrogens is 554 g/mol. The van der Waals surface area contributed by atoms with Crippen LogP contribution in [-0.4, -0.2) is 23.0 Å². The second-order valence-corrected chi connectivity index (χ2v) is 9.95. The Bertz CT molecular complexity index is 1770. The standard InChI is InChI=1S/C32H28BrN3O3/c1-4-9-23-16-21(19-34-36-30(5-2)35-28-15-14-25(33)18-27(28)32(36)37)17-29(38-3)31(23)39-20-24-12-8-11-22-10-6-7-13-26(22)24/h4,6-8,10-19H,1,5,9,20H2,2-3H3. The van der Waals surface area contributed by atoms with Crippen LogP contribution in [0.2, 0.25) is 0 Å². The summed E-state index contributed by atoms with van der Waals surface area (Å²) in [6.07, 6.45) is 4.61. The molecule has 0 spiro atoms. The van der Waals surface area contributed by atoms with E-state index in [0.717, 1.165) is 26.5 Å². The van der Waals surface area contributed by atoms with Gasteiger partial charge in [0, 0.05) is 16.5 Å². The van der Waals surface area contributed by atoms with Gasteiger partial charge in [-0.15, -0.1) is 6.58 Å². The average Bonchev–Trinajstić information content (AvgIpc) is 2.96. The van der Waals surface area contributed by atoms with Gasteiger partial charge in [-0.3, -0.25) is 4.79 Å². The van der Waals surface area contributed by atoms with Crippen molar-refractivity contribution in [1.82, 2.24) is 9.66 Å². The van der Waals surface area contributed by atoms with Gasteiger partial charge in [-0.25, -0.2) is 4.98 Å². The number of methoxy groups -OCH3 is 1. The number of halogens is 1. The number of ether oxygens (including phenoxy) is 2. The summed E-state index contributed by atoms with van der Waals surface area (Å²) in [6, 6.07) is 23.8. The Hall–Kier alpha value is -4.23. The predicted molar refractivity (Wildman–Crippen MR) is 161 cm³/mol. The van der Waals surface area contributed by atoms with Crippen molar-refractivity contribution in [2.45, 2.75) is 26.4 Å².